The van der Waals surface area contributed by atoms with Crippen LogP contribution in [0.5, 0.6) is 0 Å². The highest BCUT2D eigenvalue weighted by Gasteiger charge is 2.53. The molecule has 35 heavy (non-hydrogen) atoms. The zero-order valence-electron chi connectivity index (χ0n) is 22.4. The van der Waals surface area contributed by atoms with Crippen molar-refractivity contribution in [3.8, 4) is 0 Å². The molecule has 1 aliphatic carbocycles. The van der Waals surface area contributed by atoms with Crippen LogP contribution in [-0.4, -0.2) is 62.6 Å². The van der Waals surface area contributed by atoms with E-state index in [4.69, 9.17) is 5.10 Å². The number of unbranched alkanes of at least 4 members (excludes halogenated alkanes) is 1. The number of piperazine rings is 1. The number of halogens is 1. The molecule has 1 spiro atoms. The molecule has 0 bridgehead atoms. The minimum atomic E-state index is -0.686. The van der Waals surface area contributed by atoms with Crippen molar-refractivity contribution in [2.24, 2.45) is 5.92 Å². The average molecular weight is 508 g/mol. The Morgan fingerprint density at radius 2 is 1.77 bits per heavy atom. The molecule has 1 atom stereocenters. The predicted octanol–water partition coefficient (Wildman–Crippen LogP) is 4.54. The number of nitrogens with zero attached hydrogens (tertiary/aromatic N) is 4. The third-order valence-corrected chi connectivity index (χ3v) is 8.46. The van der Waals surface area contributed by atoms with E-state index in [1.165, 1.54) is 36.9 Å². The van der Waals surface area contributed by atoms with Crippen LogP contribution in [0.25, 0.3) is 0 Å². The van der Waals surface area contributed by atoms with Gasteiger partial charge < -0.3 is 10.2 Å². The fourth-order valence-electron chi connectivity index (χ4n) is 6.38. The topological polar surface area (TPSA) is 70.5 Å². The Bertz CT molecular complexity index is 884. The lowest BCUT2D eigenvalue weighted by Crippen LogP contribution is -2.73. The first-order valence-corrected chi connectivity index (χ1v) is 13.7. The zero-order chi connectivity index (χ0) is 24.5. The second kappa shape index (κ2) is 11.6. The van der Waals surface area contributed by atoms with Crippen molar-refractivity contribution in [3.63, 3.8) is 0 Å². The van der Waals surface area contributed by atoms with Gasteiger partial charge in [-0.1, -0.05) is 40.0 Å². The van der Waals surface area contributed by atoms with Crippen LogP contribution >= 0.6 is 12.4 Å². The summed E-state index contributed by atoms with van der Waals surface area (Å²) in [4.78, 5) is 31.4. The van der Waals surface area contributed by atoms with E-state index in [0.29, 0.717) is 37.8 Å². The van der Waals surface area contributed by atoms with Gasteiger partial charge in [0, 0.05) is 37.4 Å². The van der Waals surface area contributed by atoms with E-state index in [1.807, 2.05) is 4.90 Å². The maximum absolute atomic E-state index is 13.5. The van der Waals surface area contributed by atoms with Crippen LogP contribution in [0.2, 0.25) is 0 Å². The van der Waals surface area contributed by atoms with E-state index >= 15 is 0 Å². The van der Waals surface area contributed by atoms with Crippen LogP contribution < -0.4 is 5.32 Å². The zero-order valence-corrected chi connectivity index (χ0v) is 23.3. The molecular formula is C27H46ClN5O2. The summed E-state index contributed by atoms with van der Waals surface area (Å²) in [5.41, 5.74) is 3.09. The third kappa shape index (κ3) is 5.56. The van der Waals surface area contributed by atoms with E-state index in [-0.39, 0.29) is 30.3 Å². The Hall–Kier alpha value is -1.60. The molecule has 2 aliphatic heterocycles. The second-order valence-electron chi connectivity index (χ2n) is 11.3. The smallest absolute Gasteiger partial charge is 0.246 e. The van der Waals surface area contributed by atoms with Gasteiger partial charge in [-0.15, -0.1) is 12.4 Å². The van der Waals surface area contributed by atoms with Crippen LogP contribution in [0.3, 0.4) is 0 Å². The van der Waals surface area contributed by atoms with Gasteiger partial charge in [0.15, 0.2) is 0 Å². The molecule has 198 valence electrons. The minimum Gasteiger partial charge on any atom is -0.342 e. The number of nitrogens with one attached hydrogen (secondary N) is 1. The van der Waals surface area contributed by atoms with Gasteiger partial charge in [0.25, 0.3) is 0 Å². The molecule has 0 aromatic carbocycles. The average Bonchev–Trinajstić information content (AvgIpc) is 3.42. The number of carbonyl (C=O) groups excluding carboxylic acids is 2. The van der Waals surface area contributed by atoms with E-state index in [1.54, 1.807) is 0 Å². The molecule has 3 aliphatic rings. The SMILES string of the molecule is CCCCN1C(=O)[C@H](CC(C)C)NC(=O)C12CCN(Cc1c(C)nn(C3CCCC3)c1C)CC2.Cl. The molecule has 3 fully saturated rings. The molecule has 4 rings (SSSR count). The predicted molar refractivity (Wildman–Crippen MR) is 142 cm³/mol. The van der Waals surface area contributed by atoms with Crippen molar-refractivity contribution >= 4 is 24.2 Å². The number of piperidine rings is 1. The largest absolute Gasteiger partial charge is 0.342 e. The van der Waals surface area contributed by atoms with Crippen molar-refractivity contribution in [3.05, 3.63) is 17.0 Å². The molecule has 1 saturated carbocycles. The van der Waals surface area contributed by atoms with Crippen LogP contribution in [0, 0.1) is 19.8 Å². The summed E-state index contributed by atoms with van der Waals surface area (Å²) in [6.07, 6.45) is 9.17. The minimum absolute atomic E-state index is 0. The molecule has 1 aromatic rings. The molecule has 1 N–H and O–H groups in total. The number of amides is 2. The first kappa shape index (κ1) is 28.0. The maximum atomic E-state index is 13.5. The summed E-state index contributed by atoms with van der Waals surface area (Å²) in [6, 6.07) is 0.180. The standard InChI is InChI=1S/C27H45N5O2.ClH/c1-6-7-14-31-25(33)24(17-19(2)3)28-26(34)27(31)12-15-30(16-13-27)18-23-20(4)29-32(21(23)5)22-10-8-9-11-22;/h19,22,24H,6-18H2,1-5H3,(H,28,34);1H/t24-;/m0./s1. The lowest BCUT2D eigenvalue weighted by Gasteiger charge is -2.52. The molecule has 7 nitrogen and oxygen atoms in total. The highest BCUT2D eigenvalue weighted by atomic mass is 35.5. The molecule has 8 heteroatoms. The highest BCUT2D eigenvalue weighted by molar-refractivity contribution is 6.00. The Labute approximate surface area is 217 Å². The Kier molecular flexibility index (Phi) is 9.30. The molecule has 1 aromatic heterocycles. The van der Waals surface area contributed by atoms with Gasteiger partial charge in [0.2, 0.25) is 11.8 Å². The van der Waals surface area contributed by atoms with Gasteiger partial charge in [-0.2, -0.15) is 5.10 Å². The van der Waals surface area contributed by atoms with Gasteiger partial charge >= 0.3 is 0 Å². The monoisotopic (exact) mass is 507 g/mol. The number of aromatic nitrogens is 2. The summed E-state index contributed by atoms with van der Waals surface area (Å²) in [6.45, 7) is 13.9. The summed E-state index contributed by atoms with van der Waals surface area (Å²) >= 11 is 0. The van der Waals surface area contributed by atoms with Crippen LogP contribution in [0.15, 0.2) is 0 Å². The van der Waals surface area contributed by atoms with Crippen molar-refractivity contribution < 1.29 is 9.59 Å². The Morgan fingerprint density at radius 3 is 2.37 bits per heavy atom. The van der Waals surface area contributed by atoms with E-state index in [9.17, 15) is 9.59 Å². The van der Waals surface area contributed by atoms with Crippen LogP contribution in [-0.2, 0) is 16.1 Å². The lowest BCUT2D eigenvalue weighted by atomic mass is 9.80. The molecule has 2 saturated heterocycles. The lowest BCUT2D eigenvalue weighted by molar-refractivity contribution is -0.161. The van der Waals surface area contributed by atoms with E-state index < -0.39 is 5.54 Å². The summed E-state index contributed by atoms with van der Waals surface area (Å²) in [7, 11) is 0. The molecule has 3 heterocycles. The number of likely N-dealkylation sites (tertiary alicyclic amines) is 1. The number of hydrogen-bond acceptors (Lipinski definition) is 4. The van der Waals surface area contributed by atoms with Gasteiger partial charge in [0.1, 0.15) is 11.6 Å². The maximum Gasteiger partial charge on any atom is 0.246 e. The Balaban J connectivity index is 0.00000342. The summed E-state index contributed by atoms with van der Waals surface area (Å²) in [5, 5.41) is 8.03. The quantitative estimate of drug-likeness (QED) is 0.560. The van der Waals surface area contributed by atoms with Gasteiger partial charge in [-0.05, 0) is 58.3 Å². The van der Waals surface area contributed by atoms with Crippen molar-refractivity contribution in [1.82, 2.24) is 24.9 Å². The van der Waals surface area contributed by atoms with Gasteiger partial charge in [-0.25, -0.2) is 0 Å². The first-order chi connectivity index (χ1) is 16.3. The summed E-state index contributed by atoms with van der Waals surface area (Å²) < 4.78 is 2.28. The number of aryl methyl sites for hydroxylation is 1. The fourth-order valence-corrected chi connectivity index (χ4v) is 6.38. The van der Waals surface area contributed by atoms with Crippen LogP contribution in [0.1, 0.15) is 102 Å². The number of carbonyl (C=O) groups is 2. The normalized spacial score (nSPS) is 23.3. The third-order valence-electron chi connectivity index (χ3n) is 8.46. The molecular weight excluding hydrogens is 462 g/mol. The molecule has 0 radical (unpaired) electrons. The number of rotatable bonds is 8. The molecule has 0 unspecified atom stereocenters. The van der Waals surface area contributed by atoms with Crippen molar-refractivity contribution in [1.29, 1.82) is 0 Å². The fraction of sp³-hybridized carbons (Fsp3) is 0.815. The van der Waals surface area contributed by atoms with Crippen molar-refractivity contribution in [2.45, 2.75) is 117 Å². The second-order valence-corrected chi connectivity index (χ2v) is 11.3. The Morgan fingerprint density at radius 1 is 1.11 bits per heavy atom. The first-order valence-electron chi connectivity index (χ1n) is 13.7. The van der Waals surface area contributed by atoms with Crippen LogP contribution in [0.4, 0.5) is 0 Å². The highest BCUT2D eigenvalue weighted by Crippen LogP contribution is 2.36. The van der Waals surface area contributed by atoms with E-state index in [2.05, 4.69) is 49.5 Å². The van der Waals surface area contributed by atoms with Gasteiger partial charge in [-0.3, -0.25) is 19.2 Å². The molecule has 2 amide bonds. The number of hydrogen-bond donors (Lipinski definition) is 1. The van der Waals surface area contributed by atoms with E-state index in [0.717, 1.165) is 38.2 Å². The summed E-state index contributed by atoms with van der Waals surface area (Å²) in [5.74, 6) is 0.560. The van der Waals surface area contributed by atoms with Crippen molar-refractivity contribution in [2.75, 3.05) is 19.6 Å². The van der Waals surface area contributed by atoms with Gasteiger partial charge in [0.05, 0.1) is 11.7 Å².